The maximum Gasteiger partial charge on any atom is 0.239 e. The summed E-state index contributed by atoms with van der Waals surface area (Å²) in [6, 6.07) is 25.5. The molecule has 0 aromatic heterocycles. The van der Waals surface area contributed by atoms with Crippen LogP contribution in [0.1, 0.15) is 11.1 Å². The van der Waals surface area contributed by atoms with Crippen LogP contribution in [0.5, 0.6) is 11.5 Å². The fourth-order valence-corrected chi connectivity index (χ4v) is 2.79. The first-order chi connectivity index (χ1) is 14.2. The summed E-state index contributed by atoms with van der Waals surface area (Å²) in [7, 11) is 1.65. The third-order valence-electron chi connectivity index (χ3n) is 4.45. The lowest BCUT2D eigenvalue weighted by molar-refractivity contribution is -0.119. The maximum absolute atomic E-state index is 12.0. The number of hydrogen-bond acceptors (Lipinski definition) is 4. The summed E-state index contributed by atoms with van der Waals surface area (Å²) in [5, 5.41) is 6.05. The van der Waals surface area contributed by atoms with E-state index in [9.17, 15) is 4.79 Å². The van der Waals surface area contributed by atoms with E-state index in [4.69, 9.17) is 9.47 Å². The van der Waals surface area contributed by atoms with Crippen molar-refractivity contribution in [1.29, 1.82) is 0 Å². The minimum atomic E-state index is -0.0390. The molecule has 0 unspecified atom stereocenters. The molecule has 3 rings (SSSR count). The van der Waals surface area contributed by atoms with Crippen LogP contribution in [0.3, 0.4) is 0 Å². The Kier molecular flexibility index (Phi) is 7.52. The Morgan fingerprint density at radius 3 is 2.21 bits per heavy atom. The highest BCUT2D eigenvalue weighted by Gasteiger charge is 2.02. The Balaban J connectivity index is 1.35. The van der Waals surface area contributed by atoms with Crippen molar-refractivity contribution in [1.82, 2.24) is 5.32 Å². The van der Waals surface area contributed by atoms with Crippen LogP contribution in [-0.2, 0) is 17.8 Å². The monoisotopic (exact) mass is 390 g/mol. The molecule has 3 aromatic rings. The Morgan fingerprint density at radius 1 is 0.828 bits per heavy atom. The third-order valence-corrected chi connectivity index (χ3v) is 4.45. The molecule has 2 N–H and O–H groups in total. The average Bonchev–Trinajstić information content (AvgIpc) is 2.78. The van der Waals surface area contributed by atoms with Gasteiger partial charge in [0.15, 0.2) is 0 Å². The Labute approximate surface area is 171 Å². The second-order valence-corrected chi connectivity index (χ2v) is 6.60. The van der Waals surface area contributed by atoms with E-state index < -0.39 is 0 Å². The zero-order valence-electron chi connectivity index (χ0n) is 16.6. The van der Waals surface area contributed by atoms with Crippen LogP contribution in [0, 0.1) is 0 Å². The fourth-order valence-electron chi connectivity index (χ4n) is 2.79. The molecule has 150 valence electrons. The first kappa shape index (κ1) is 20.3. The van der Waals surface area contributed by atoms with Crippen LogP contribution in [-0.4, -0.2) is 26.1 Å². The van der Waals surface area contributed by atoms with Gasteiger partial charge in [-0.1, -0.05) is 42.5 Å². The van der Waals surface area contributed by atoms with Gasteiger partial charge in [-0.3, -0.25) is 4.79 Å². The number of hydrogen-bond donors (Lipinski definition) is 2. The molecule has 0 fully saturated rings. The molecule has 0 spiro atoms. The van der Waals surface area contributed by atoms with Crippen LogP contribution in [0.25, 0.3) is 0 Å². The minimum Gasteiger partial charge on any atom is -0.497 e. The van der Waals surface area contributed by atoms with Crippen LogP contribution in [0.4, 0.5) is 5.69 Å². The highest BCUT2D eigenvalue weighted by Crippen LogP contribution is 2.17. The van der Waals surface area contributed by atoms with Gasteiger partial charge in [0.1, 0.15) is 18.1 Å². The summed E-state index contributed by atoms with van der Waals surface area (Å²) in [5.41, 5.74) is 3.16. The molecule has 0 saturated heterocycles. The Hall–Kier alpha value is -3.47. The normalized spacial score (nSPS) is 10.2. The van der Waals surface area contributed by atoms with Crippen LogP contribution < -0.4 is 20.1 Å². The molecule has 29 heavy (non-hydrogen) atoms. The molecular weight excluding hydrogens is 364 g/mol. The van der Waals surface area contributed by atoms with E-state index in [1.165, 1.54) is 0 Å². The van der Waals surface area contributed by atoms with Crippen LogP contribution in [0.2, 0.25) is 0 Å². The van der Waals surface area contributed by atoms with E-state index in [2.05, 4.69) is 10.6 Å². The number of carbonyl (C=O) groups excluding carboxylic acids is 1. The van der Waals surface area contributed by atoms with Crippen LogP contribution >= 0.6 is 0 Å². The van der Waals surface area contributed by atoms with Gasteiger partial charge in [0.25, 0.3) is 0 Å². The predicted molar refractivity (Wildman–Crippen MR) is 115 cm³/mol. The summed E-state index contributed by atoms with van der Waals surface area (Å²) in [4.78, 5) is 12.0. The lowest BCUT2D eigenvalue weighted by Gasteiger charge is -2.10. The van der Waals surface area contributed by atoms with E-state index in [0.717, 1.165) is 34.7 Å². The van der Waals surface area contributed by atoms with E-state index in [1.807, 2.05) is 78.9 Å². The zero-order valence-corrected chi connectivity index (χ0v) is 16.6. The second kappa shape index (κ2) is 10.8. The number of methoxy groups -OCH3 is 1. The third kappa shape index (κ3) is 6.88. The van der Waals surface area contributed by atoms with Crippen molar-refractivity contribution < 1.29 is 14.3 Å². The molecule has 3 aromatic carbocycles. The van der Waals surface area contributed by atoms with Crippen molar-refractivity contribution in [2.75, 3.05) is 25.5 Å². The molecule has 0 bridgehead atoms. The van der Waals surface area contributed by atoms with Gasteiger partial charge in [-0.2, -0.15) is 0 Å². The fraction of sp³-hybridized carbons (Fsp3) is 0.208. The van der Waals surface area contributed by atoms with Crippen molar-refractivity contribution in [2.24, 2.45) is 0 Å². The summed E-state index contributed by atoms with van der Waals surface area (Å²) >= 11 is 0. The lowest BCUT2D eigenvalue weighted by Crippen LogP contribution is -2.31. The zero-order chi connectivity index (χ0) is 20.3. The van der Waals surface area contributed by atoms with Gasteiger partial charge in [0.05, 0.1) is 13.7 Å². The minimum absolute atomic E-state index is 0.0390. The molecular formula is C24H26N2O3. The molecule has 5 heteroatoms. The number of ether oxygens (including phenoxy) is 2. The molecule has 0 heterocycles. The van der Waals surface area contributed by atoms with Gasteiger partial charge < -0.3 is 20.1 Å². The molecule has 0 saturated carbocycles. The van der Waals surface area contributed by atoms with Gasteiger partial charge in [0.2, 0.25) is 5.91 Å². The topological polar surface area (TPSA) is 59.6 Å². The number of rotatable bonds is 10. The van der Waals surface area contributed by atoms with Crippen molar-refractivity contribution in [3.63, 3.8) is 0 Å². The lowest BCUT2D eigenvalue weighted by atomic mass is 10.1. The first-order valence-corrected chi connectivity index (χ1v) is 9.63. The van der Waals surface area contributed by atoms with Gasteiger partial charge in [-0.15, -0.1) is 0 Å². The number of benzene rings is 3. The summed E-state index contributed by atoms with van der Waals surface area (Å²) in [6.07, 6.45) is 0.781. The average molecular weight is 390 g/mol. The maximum atomic E-state index is 12.0. The van der Waals surface area contributed by atoms with Crippen LogP contribution in [0.15, 0.2) is 78.9 Å². The molecule has 0 aliphatic heterocycles. The summed E-state index contributed by atoms with van der Waals surface area (Å²) in [5.74, 6) is 1.59. The highest BCUT2D eigenvalue weighted by atomic mass is 16.5. The molecule has 0 aliphatic carbocycles. The van der Waals surface area contributed by atoms with E-state index in [-0.39, 0.29) is 12.5 Å². The number of anilines is 1. The predicted octanol–water partition coefficient (Wildman–Crippen LogP) is 4.05. The molecule has 0 radical (unpaired) electrons. The van der Waals surface area contributed by atoms with Gasteiger partial charge in [0, 0.05) is 12.2 Å². The largest absolute Gasteiger partial charge is 0.497 e. The Morgan fingerprint density at radius 2 is 1.52 bits per heavy atom. The molecule has 1 amide bonds. The standard InChI is InChI=1S/C24H26N2O3/c1-28-22-11-7-19(8-12-22)15-16-25-24(27)17-26-21-9-13-23(14-10-21)29-18-20-5-3-2-4-6-20/h2-14,26H,15-18H2,1H3,(H,25,27). The van der Waals surface area contributed by atoms with Gasteiger partial charge >= 0.3 is 0 Å². The first-order valence-electron chi connectivity index (χ1n) is 9.63. The Bertz CT molecular complexity index is 878. The smallest absolute Gasteiger partial charge is 0.239 e. The van der Waals surface area contributed by atoms with Crippen molar-refractivity contribution in [2.45, 2.75) is 13.0 Å². The highest BCUT2D eigenvalue weighted by molar-refractivity contribution is 5.80. The SMILES string of the molecule is COc1ccc(CCNC(=O)CNc2ccc(OCc3ccccc3)cc2)cc1. The van der Waals surface area contributed by atoms with Crippen molar-refractivity contribution >= 4 is 11.6 Å². The van der Waals surface area contributed by atoms with E-state index in [1.54, 1.807) is 7.11 Å². The summed E-state index contributed by atoms with van der Waals surface area (Å²) < 4.78 is 10.9. The van der Waals surface area contributed by atoms with E-state index >= 15 is 0 Å². The number of nitrogens with one attached hydrogen (secondary N) is 2. The summed E-state index contributed by atoms with van der Waals surface area (Å²) in [6.45, 7) is 1.36. The number of amides is 1. The molecule has 0 atom stereocenters. The molecule has 0 aliphatic rings. The quantitative estimate of drug-likeness (QED) is 0.548. The van der Waals surface area contributed by atoms with Crippen molar-refractivity contribution in [3.8, 4) is 11.5 Å². The second-order valence-electron chi connectivity index (χ2n) is 6.60. The van der Waals surface area contributed by atoms with Gasteiger partial charge in [-0.25, -0.2) is 0 Å². The van der Waals surface area contributed by atoms with Crippen molar-refractivity contribution in [3.05, 3.63) is 90.0 Å². The number of carbonyl (C=O) groups is 1. The van der Waals surface area contributed by atoms with E-state index in [0.29, 0.717) is 13.2 Å². The van der Waals surface area contributed by atoms with Gasteiger partial charge in [-0.05, 0) is 53.9 Å². The molecule has 5 nitrogen and oxygen atoms in total.